The van der Waals surface area contributed by atoms with E-state index in [4.69, 9.17) is 17.3 Å². The van der Waals surface area contributed by atoms with E-state index in [1.165, 1.54) is 11.8 Å². The highest BCUT2D eigenvalue weighted by Crippen LogP contribution is 2.23. The van der Waals surface area contributed by atoms with Crippen molar-refractivity contribution in [1.29, 1.82) is 0 Å². The van der Waals surface area contributed by atoms with Gasteiger partial charge in [-0.25, -0.2) is 0 Å². The number of aliphatic carboxylic acids is 1. The van der Waals surface area contributed by atoms with E-state index in [0.29, 0.717) is 12.2 Å². The van der Waals surface area contributed by atoms with E-state index in [9.17, 15) is 9.90 Å². The average molecular weight is 249 g/mol. The Morgan fingerprint density at radius 2 is 2.27 bits per heavy atom. The van der Waals surface area contributed by atoms with Gasteiger partial charge >= 0.3 is 5.97 Å². The topological polar surface area (TPSA) is 60.8 Å². The molecule has 1 rings (SSSR count). The van der Waals surface area contributed by atoms with Crippen molar-refractivity contribution in [2.75, 3.05) is 12.3 Å². The number of carbonyl (C=O) groups is 1. The maximum Gasteiger partial charge on any atom is 0.303 e. The average Bonchev–Trinajstić information content (AvgIpc) is 2.47. The number of nitrogens with zero attached hydrogens (tertiary/aromatic N) is 1. The Morgan fingerprint density at radius 3 is 2.80 bits per heavy atom. The molecule has 0 aromatic rings. The van der Waals surface area contributed by atoms with Crippen molar-refractivity contribution < 1.29 is 15.0 Å². The van der Waals surface area contributed by atoms with Gasteiger partial charge in [0, 0.05) is 18.7 Å². The van der Waals surface area contributed by atoms with Gasteiger partial charge in [-0.2, -0.15) is 0 Å². The van der Waals surface area contributed by atoms with E-state index in [1.54, 1.807) is 4.90 Å². The van der Waals surface area contributed by atoms with Crippen LogP contribution in [0.1, 0.15) is 25.7 Å². The maximum atomic E-state index is 10.2. The van der Waals surface area contributed by atoms with Crippen LogP contribution in [0.4, 0.5) is 0 Å². The third kappa shape index (κ3) is 4.36. The Morgan fingerprint density at radius 1 is 1.53 bits per heavy atom. The number of unbranched alkanes of at least 4 members (excludes halogenated alkanes) is 2. The van der Waals surface area contributed by atoms with Crippen molar-refractivity contribution in [1.82, 2.24) is 4.90 Å². The summed E-state index contributed by atoms with van der Waals surface area (Å²) in [4.78, 5) is 12.1. The zero-order chi connectivity index (χ0) is 11.3. The van der Waals surface area contributed by atoms with E-state index in [0.717, 1.165) is 23.7 Å². The molecule has 1 aliphatic heterocycles. The lowest BCUT2D eigenvalue weighted by Crippen LogP contribution is -2.33. The zero-order valence-corrected chi connectivity index (χ0v) is 10.0. The van der Waals surface area contributed by atoms with Gasteiger partial charge < -0.3 is 15.1 Å². The number of thiocarbonyl (C=S) groups is 1. The SMILES string of the molecule is O=C(O)CCCCCN1C(=S)SCC1O. The van der Waals surface area contributed by atoms with Gasteiger partial charge in [-0.3, -0.25) is 4.79 Å². The number of hydrogen-bond acceptors (Lipinski definition) is 4. The molecule has 4 nitrogen and oxygen atoms in total. The molecule has 0 aliphatic carbocycles. The monoisotopic (exact) mass is 249 g/mol. The Hall–Kier alpha value is -0.330. The van der Waals surface area contributed by atoms with E-state index in [1.807, 2.05) is 0 Å². The number of carboxylic acid groups (broad SMARTS) is 1. The molecule has 2 N–H and O–H groups in total. The van der Waals surface area contributed by atoms with E-state index >= 15 is 0 Å². The lowest BCUT2D eigenvalue weighted by molar-refractivity contribution is -0.137. The highest BCUT2D eigenvalue weighted by Gasteiger charge is 2.25. The molecule has 1 unspecified atom stereocenters. The lowest BCUT2D eigenvalue weighted by atomic mass is 10.2. The van der Waals surface area contributed by atoms with E-state index < -0.39 is 12.2 Å². The molecule has 0 aromatic carbocycles. The van der Waals surface area contributed by atoms with Crippen molar-refractivity contribution >= 4 is 34.3 Å². The smallest absolute Gasteiger partial charge is 0.303 e. The van der Waals surface area contributed by atoms with E-state index in [-0.39, 0.29) is 6.42 Å². The normalized spacial score (nSPS) is 21.0. The second kappa shape index (κ2) is 6.30. The summed E-state index contributed by atoms with van der Waals surface area (Å²) in [7, 11) is 0. The van der Waals surface area contributed by atoms with Gasteiger partial charge in [0.05, 0.1) is 0 Å². The number of aliphatic hydroxyl groups excluding tert-OH is 1. The molecule has 0 bridgehead atoms. The summed E-state index contributed by atoms with van der Waals surface area (Å²) in [5.41, 5.74) is 0. The zero-order valence-electron chi connectivity index (χ0n) is 8.39. The van der Waals surface area contributed by atoms with Crippen molar-refractivity contribution in [3.63, 3.8) is 0 Å². The minimum absolute atomic E-state index is 0.224. The fourth-order valence-corrected chi connectivity index (χ4v) is 2.68. The first-order valence-electron chi connectivity index (χ1n) is 4.94. The molecule has 15 heavy (non-hydrogen) atoms. The number of rotatable bonds is 6. The molecule has 0 saturated carbocycles. The summed E-state index contributed by atoms with van der Waals surface area (Å²) in [6.45, 7) is 0.729. The van der Waals surface area contributed by atoms with Crippen LogP contribution in [-0.4, -0.2) is 43.9 Å². The first kappa shape index (κ1) is 12.7. The number of thioether (sulfide) groups is 1. The third-order valence-electron chi connectivity index (χ3n) is 2.24. The largest absolute Gasteiger partial charge is 0.481 e. The molecule has 1 atom stereocenters. The maximum absolute atomic E-state index is 10.2. The molecule has 1 heterocycles. The Bertz CT molecular complexity index is 248. The second-order valence-corrected chi connectivity index (χ2v) is 5.11. The van der Waals surface area contributed by atoms with Crippen LogP contribution in [0.2, 0.25) is 0 Å². The highest BCUT2D eigenvalue weighted by molar-refractivity contribution is 8.23. The predicted molar refractivity (Wildman–Crippen MR) is 63.9 cm³/mol. The summed E-state index contributed by atoms with van der Waals surface area (Å²) in [5, 5.41) is 18.0. The van der Waals surface area contributed by atoms with Gasteiger partial charge in [-0.15, -0.1) is 0 Å². The first-order valence-corrected chi connectivity index (χ1v) is 6.34. The fourth-order valence-electron chi connectivity index (χ4n) is 1.42. The molecule has 0 amide bonds. The number of carboxylic acids is 1. The second-order valence-electron chi connectivity index (χ2n) is 3.46. The first-order chi connectivity index (χ1) is 7.11. The van der Waals surface area contributed by atoms with Gasteiger partial charge in [0.2, 0.25) is 0 Å². The lowest BCUT2D eigenvalue weighted by Gasteiger charge is -2.20. The number of hydrogen-bond donors (Lipinski definition) is 2. The van der Waals surface area contributed by atoms with E-state index in [2.05, 4.69) is 0 Å². The summed E-state index contributed by atoms with van der Waals surface area (Å²) < 4.78 is 0.751. The molecular weight excluding hydrogens is 234 g/mol. The standard InChI is InChI=1S/C9H15NO3S2/c11-7-6-15-9(14)10(7)5-3-1-2-4-8(12)13/h7,11H,1-6H2,(H,12,13). The quantitative estimate of drug-likeness (QED) is 0.546. The van der Waals surface area contributed by atoms with Crippen molar-refractivity contribution in [2.24, 2.45) is 0 Å². The van der Waals surface area contributed by atoms with Crippen LogP contribution < -0.4 is 0 Å². The third-order valence-corrected chi connectivity index (χ3v) is 3.77. The van der Waals surface area contributed by atoms with Crippen LogP contribution in [0.5, 0.6) is 0 Å². The van der Waals surface area contributed by atoms with Crippen LogP contribution in [0, 0.1) is 0 Å². The molecular formula is C9H15NO3S2. The summed E-state index contributed by atoms with van der Waals surface area (Å²) in [5.74, 6) is -0.101. The van der Waals surface area contributed by atoms with Crippen LogP contribution in [0.25, 0.3) is 0 Å². The van der Waals surface area contributed by atoms with Gasteiger partial charge in [-0.05, 0) is 12.8 Å². The molecule has 0 radical (unpaired) electrons. The summed E-state index contributed by atoms with van der Waals surface area (Å²) in [6.07, 6.45) is 2.20. The van der Waals surface area contributed by atoms with Gasteiger partial charge in [0.1, 0.15) is 10.5 Å². The van der Waals surface area contributed by atoms with Crippen molar-refractivity contribution in [3.05, 3.63) is 0 Å². The van der Waals surface area contributed by atoms with Crippen LogP contribution >= 0.6 is 24.0 Å². The predicted octanol–water partition coefficient (Wildman–Crippen LogP) is 1.28. The molecule has 1 saturated heterocycles. The number of aliphatic hydroxyl groups is 1. The van der Waals surface area contributed by atoms with Crippen LogP contribution in [-0.2, 0) is 4.79 Å². The summed E-state index contributed by atoms with van der Waals surface area (Å²) >= 11 is 6.57. The fraction of sp³-hybridized carbons (Fsp3) is 0.778. The van der Waals surface area contributed by atoms with Gasteiger partial charge in [0.25, 0.3) is 0 Å². The minimum atomic E-state index is -0.748. The highest BCUT2D eigenvalue weighted by atomic mass is 32.2. The molecule has 1 aliphatic rings. The van der Waals surface area contributed by atoms with Crippen LogP contribution in [0.3, 0.4) is 0 Å². The Labute approximate surface area is 98.6 Å². The molecule has 6 heteroatoms. The molecule has 1 fully saturated rings. The molecule has 0 aromatic heterocycles. The molecule has 86 valence electrons. The Balaban J connectivity index is 2.09. The molecule has 0 spiro atoms. The van der Waals surface area contributed by atoms with Crippen LogP contribution in [0.15, 0.2) is 0 Å². The van der Waals surface area contributed by atoms with Gasteiger partial charge in [0.15, 0.2) is 0 Å². The Kier molecular flexibility index (Phi) is 5.35. The summed E-state index contributed by atoms with van der Waals surface area (Å²) in [6, 6.07) is 0. The van der Waals surface area contributed by atoms with Crippen molar-refractivity contribution in [2.45, 2.75) is 31.9 Å². The van der Waals surface area contributed by atoms with Gasteiger partial charge in [-0.1, -0.05) is 30.4 Å². The van der Waals surface area contributed by atoms with Crippen molar-refractivity contribution in [3.8, 4) is 0 Å². The minimum Gasteiger partial charge on any atom is -0.481 e.